The van der Waals surface area contributed by atoms with Gasteiger partial charge in [-0.1, -0.05) is 6.92 Å². The molecular weight excluding hydrogens is 372 g/mol. The summed E-state index contributed by atoms with van der Waals surface area (Å²) in [6.45, 7) is 0.317. The fourth-order valence-electron chi connectivity index (χ4n) is 2.38. The molecule has 10 nitrogen and oxygen atoms in total. The van der Waals surface area contributed by atoms with Crippen LogP contribution in [0.3, 0.4) is 0 Å². The average molecular weight is 391 g/mol. The Morgan fingerprint density at radius 1 is 1.48 bits per heavy atom. The molecule has 1 saturated heterocycles. The van der Waals surface area contributed by atoms with E-state index in [-0.39, 0.29) is 12.2 Å². The van der Waals surface area contributed by atoms with Gasteiger partial charge in [0.05, 0.1) is 6.61 Å². The zero-order valence-corrected chi connectivity index (χ0v) is 14.3. The number of carbonyl (C=O) groups is 2. The molecule has 1 fully saturated rings. The number of nitrogens with one attached hydrogen (secondary N) is 1. The number of hydrogen-bond acceptors (Lipinski definition) is 8. The molecule has 12 heteroatoms. The number of aliphatic hydroxyl groups is 2. The van der Waals surface area contributed by atoms with Crippen molar-refractivity contribution in [1.82, 2.24) is 9.55 Å². The van der Waals surface area contributed by atoms with Crippen molar-refractivity contribution >= 4 is 17.7 Å². The molecule has 150 valence electrons. The third-order valence-electron chi connectivity index (χ3n) is 3.73. The maximum absolute atomic E-state index is 14.1. The second kappa shape index (κ2) is 8.50. The van der Waals surface area contributed by atoms with Crippen molar-refractivity contribution in [3.8, 4) is 0 Å². The minimum Gasteiger partial charge on any atom is -0.456 e. The molecule has 0 aliphatic carbocycles. The first kappa shape index (κ1) is 20.9. The van der Waals surface area contributed by atoms with E-state index in [0.29, 0.717) is 11.0 Å². The third-order valence-corrected chi connectivity index (χ3v) is 3.73. The van der Waals surface area contributed by atoms with Crippen LogP contribution in [0.2, 0.25) is 0 Å². The van der Waals surface area contributed by atoms with E-state index in [1.807, 2.05) is 0 Å². The molecule has 1 amide bonds. The largest absolute Gasteiger partial charge is 0.456 e. The molecule has 3 atom stereocenters. The van der Waals surface area contributed by atoms with E-state index in [4.69, 9.17) is 9.84 Å². The quantitative estimate of drug-likeness (QED) is 0.524. The van der Waals surface area contributed by atoms with Crippen molar-refractivity contribution in [2.24, 2.45) is 0 Å². The van der Waals surface area contributed by atoms with E-state index >= 15 is 0 Å². The molecule has 1 aromatic heterocycles. The number of alkyl halides is 2. The Kier molecular flexibility index (Phi) is 6.57. The first-order valence-corrected chi connectivity index (χ1v) is 8.07. The number of ether oxygens (including phenoxy) is 2. The zero-order chi connectivity index (χ0) is 20.2. The molecule has 0 radical (unpaired) electrons. The summed E-state index contributed by atoms with van der Waals surface area (Å²) in [6.07, 6.45) is -4.41. The van der Waals surface area contributed by atoms with Gasteiger partial charge in [0, 0.05) is 12.6 Å². The molecule has 3 N–H and O–H groups in total. The van der Waals surface area contributed by atoms with Gasteiger partial charge >= 0.3 is 17.6 Å². The highest BCUT2D eigenvalue weighted by Gasteiger charge is 2.59. The predicted molar refractivity (Wildman–Crippen MR) is 84.9 cm³/mol. The highest BCUT2D eigenvalue weighted by atomic mass is 19.3. The molecule has 0 aromatic carbocycles. The molecule has 0 bridgehead atoms. The van der Waals surface area contributed by atoms with Crippen LogP contribution in [-0.4, -0.2) is 63.0 Å². The van der Waals surface area contributed by atoms with Crippen LogP contribution in [0.5, 0.6) is 0 Å². The first-order valence-electron chi connectivity index (χ1n) is 8.07. The van der Waals surface area contributed by atoms with Crippen molar-refractivity contribution in [1.29, 1.82) is 0 Å². The fraction of sp³-hybridized carbons (Fsp3) is 0.600. The third kappa shape index (κ3) is 4.64. The summed E-state index contributed by atoms with van der Waals surface area (Å²) in [4.78, 5) is 38.3. The number of amides is 1. The second-order valence-corrected chi connectivity index (χ2v) is 5.79. The summed E-state index contributed by atoms with van der Waals surface area (Å²) in [5.74, 6) is -5.40. The maximum atomic E-state index is 14.1. The normalized spacial score (nSPS) is 23.8. The van der Waals surface area contributed by atoms with Gasteiger partial charge in [0.15, 0.2) is 12.7 Å². The van der Waals surface area contributed by atoms with Crippen molar-refractivity contribution in [2.45, 2.75) is 44.1 Å². The molecule has 1 aliphatic heterocycles. The lowest BCUT2D eigenvalue weighted by atomic mass is 10.1. The standard InChI is InChI=1S/C15H19F2N3O7/c1-2-3-11(23)26-7-10(22)18-9-4-5-20(14(25)19-9)13-15(16,17)12(24)8(6-21)27-13/h4-5,8,12-13,21,24H,2-3,6-7H2,1H3,(H,18,19,22,25)/t8-,12-,13?/m1/s1. The van der Waals surface area contributed by atoms with Gasteiger partial charge in [-0.15, -0.1) is 0 Å². The Balaban J connectivity index is 2.07. The number of aliphatic hydroxyl groups excluding tert-OH is 2. The van der Waals surface area contributed by atoms with E-state index in [2.05, 4.69) is 15.0 Å². The van der Waals surface area contributed by atoms with Crippen LogP contribution in [0.15, 0.2) is 17.1 Å². The number of anilines is 1. The summed E-state index contributed by atoms with van der Waals surface area (Å²) in [5, 5.41) is 20.6. The molecular formula is C15H19F2N3O7. The van der Waals surface area contributed by atoms with Gasteiger partial charge in [-0.2, -0.15) is 13.8 Å². The Labute approximate surface area is 151 Å². The van der Waals surface area contributed by atoms with Gasteiger partial charge in [0.25, 0.3) is 5.91 Å². The Morgan fingerprint density at radius 2 is 2.19 bits per heavy atom. The minimum absolute atomic E-state index is 0.151. The zero-order valence-electron chi connectivity index (χ0n) is 14.3. The summed E-state index contributed by atoms with van der Waals surface area (Å²) in [7, 11) is 0. The number of rotatable bonds is 7. The van der Waals surface area contributed by atoms with Crippen LogP contribution in [0.4, 0.5) is 14.6 Å². The molecule has 1 aromatic rings. The summed E-state index contributed by atoms with van der Waals surface area (Å²) >= 11 is 0. The molecule has 2 rings (SSSR count). The molecule has 0 spiro atoms. The van der Waals surface area contributed by atoms with Crippen molar-refractivity contribution in [3.63, 3.8) is 0 Å². The molecule has 0 saturated carbocycles. The highest BCUT2D eigenvalue weighted by molar-refractivity contribution is 5.91. The second-order valence-electron chi connectivity index (χ2n) is 5.79. The van der Waals surface area contributed by atoms with Crippen LogP contribution in [0.25, 0.3) is 0 Å². The van der Waals surface area contributed by atoms with Gasteiger partial charge in [-0.05, 0) is 12.5 Å². The summed E-state index contributed by atoms with van der Waals surface area (Å²) < 4.78 is 38.1. The minimum atomic E-state index is -3.84. The van der Waals surface area contributed by atoms with Gasteiger partial charge in [-0.3, -0.25) is 14.2 Å². The number of hydrogen-bond donors (Lipinski definition) is 3. The van der Waals surface area contributed by atoms with Gasteiger partial charge in [0.2, 0.25) is 6.23 Å². The van der Waals surface area contributed by atoms with E-state index in [9.17, 15) is 28.3 Å². The molecule has 27 heavy (non-hydrogen) atoms. The number of nitrogens with zero attached hydrogens (tertiary/aromatic N) is 2. The topological polar surface area (TPSA) is 140 Å². The number of carbonyl (C=O) groups excluding carboxylic acids is 2. The Hall–Kier alpha value is -2.44. The highest BCUT2D eigenvalue weighted by Crippen LogP contribution is 2.41. The number of halogens is 2. The average Bonchev–Trinajstić information content (AvgIpc) is 2.83. The van der Waals surface area contributed by atoms with Crippen LogP contribution in [0.1, 0.15) is 26.0 Å². The Morgan fingerprint density at radius 3 is 2.74 bits per heavy atom. The smallest absolute Gasteiger partial charge is 0.351 e. The van der Waals surface area contributed by atoms with Crippen molar-refractivity contribution in [3.05, 3.63) is 22.7 Å². The summed E-state index contributed by atoms with van der Waals surface area (Å²) in [6, 6.07) is 1.06. The van der Waals surface area contributed by atoms with E-state index in [1.54, 1.807) is 6.92 Å². The monoisotopic (exact) mass is 391 g/mol. The van der Waals surface area contributed by atoms with E-state index in [0.717, 1.165) is 12.3 Å². The van der Waals surface area contributed by atoms with E-state index < -0.39 is 55.1 Å². The fourth-order valence-corrected chi connectivity index (χ4v) is 2.38. The van der Waals surface area contributed by atoms with Crippen molar-refractivity contribution in [2.75, 3.05) is 18.5 Å². The van der Waals surface area contributed by atoms with Crippen LogP contribution in [0, 0.1) is 0 Å². The van der Waals surface area contributed by atoms with Gasteiger partial charge in [0.1, 0.15) is 11.9 Å². The van der Waals surface area contributed by atoms with Crippen molar-refractivity contribution < 1.29 is 38.1 Å². The van der Waals surface area contributed by atoms with E-state index in [1.165, 1.54) is 0 Å². The van der Waals surface area contributed by atoms with Crippen LogP contribution >= 0.6 is 0 Å². The van der Waals surface area contributed by atoms with Crippen LogP contribution in [-0.2, 0) is 19.1 Å². The first-order chi connectivity index (χ1) is 12.7. The lowest BCUT2D eigenvalue weighted by Crippen LogP contribution is -2.41. The predicted octanol–water partition coefficient (Wildman–Crippen LogP) is -0.589. The Bertz CT molecular complexity index is 755. The van der Waals surface area contributed by atoms with Crippen LogP contribution < -0.4 is 11.0 Å². The summed E-state index contributed by atoms with van der Waals surface area (Å²) in [5.41, 5.74) is -1.17. The molecule has 1 unspecified atom stereocenters. The lowest BCUT2D eigenvalue weighted by molar-refractivity contribution is -0.147. The molecule has 2 heterocycles. The SMILES string of the molecule is CCCC(=O)OCC(=O)Nc1ccn(C2O[C@H](CO)[C@@H](O)C2(F)F)c(=O)n1. The number of aromatic nitrogens is 2. The maximum Gasteiger partial charge on any atom is 0.351 e. The number of esters is 1. The van der Waals surface area contributed by atoms with Gasteiger partial charge < -0.3 is 25.0 Å². The van der Waals surface area contributed by atoms with Gasteiger partial charge in [-0.25, -0.2) is 4.79 Å². The lowest BCUT2D eigenvalue weighted by Gasteiger charge is -2.21. The molecule has 1 aliphatic rings.